The number of halogens is 2. The molecule has 122 valence electrons. The Morgan fingerprint density at radius 2 is 2.09 bits per heavy atom. The van der Waals surface area contributed by atoms with E-state index >= 15 is 0 Å². The summed E-state index contributed by atoms with van der Waals surface area (Å²) in [6, 6.07) is 5.88. The van der Waals surface area contributed by atoms with Crippen LogP contribution in [0.3, 0.4) is 0 Å². The Morgan fingerprint density at radius 1 is 1.41 bits per heavy atom. The fourth-order valence-electron chi connectivity index (χ4n) is 2.99. The molecule has 0 aliphatic heterocycles. The molecule has 1 saturated carbocycles. The molecule has 0 amide bonds. The Bertz CT molecular complexity index is 586. The van der Waals surface area contributed by atoms with Crippen molar-refractivity contribution in [2.75, 3.05) is 27.7 Å². The highest BCUT2D eigenvalue weighted by molar-refractivity contribution is 9.10. The first-order chi connectivity index (χ1) is 9.85. The molecule has 3 nitrogen and oxygen atoms in total. The van der Waals surface area contributed by atoms with Gasteiger partial charge in [-0.25, -0.2) is 0 Å². The first-order valence-electron chi connectivity index (χ1n) is 7.09. The number of carbonyl (C=O) groups is 1. The minimum absolute atomic E-state index is 0. The molecule has 22 heavy (non-hydrogen) atoms. The molecule has 0 bridgehead atoms. The van der Waals surface area contributed by atoms with Gasteiger partial charge in [0.25, 0.3) is 0 Å². The topological polar surface area (TPSA) is 29.5 Å². The molecule has 2 rings (SSSR count). The van der Waals surface area contributed by atoms with Crippen LogP contribution in [0.15, 0.2) is 28.2 Å². The van der Waals surface area contributed by atoms with Crippen molar-refractivity contribution in [1.82, 2.24) is 4.90 Å². The van der Waals surface area contributed by atoms with E-state index in [0.717, 1.165) is 40.7 Å². The van der Waals surface area contributed by atoms with Gasteiger partial charge in [-0.2, -0.15) is 0 Å². The maximum Gasteiger partial charge on any atom is 0.166 e. The van der Waals surface area contributed by atoms with Crippen molar-refractivity contribution in [3.05, 3.63) is 33.8 Å². The minimum Gasteiger partial charge on any atom is -0.496 e. The second-order valence-corrected chi connectivity index (χ2v) is 7.05. The molecular formula is C17H23BrClNO2. The van der Waals surface area contributed by atoms with Gasteiger partial charge in [-0.1, -0.05) is 13.0 Å². The minimum atomic E-state index is -0.251. The third-order valence-corrected chi connectivity index (χ3v) is 4.59. The molecule has 1 atom stereocenters. The van der Waals surface area contributed by atoms with Crippen LogP contribution in [0.1, 0.15) is 25.3 Å². The van der Waals surface area contributed by atoms with E-state index in [1.54, 1.807) is 7.11 Å². The SMILES string of the molecule is COc1ccc(/C=C2\CCC(C)(CN(C)C)C2=O)cc1Br.Cl. The zero-order chi connectivity index (χ0) is 15.6. The molecule has 1 aliphatic rings. The zero-order valence-corrected chi connectivity index (χ0v) is 15.9. The van der Waals surface area contributed by atoms with Crippen LogP contribution in [0.4, 0.5) is 0 Å². The van der Waals surface area contributed by atoms with Gasteiger partial charge in [0.1, 0.15) is 5.75 Å². The normalized spacial score (nSPS) is 23.0. The van der Waals surface area contributed by atoms with Gasteiger partial charge in [-0.05, 0) is 72.2 Å². The maximum absolute atomic E-state index is 12.6. The number of hydrogen-bond acceptors (Lipinski definition) is 3. The number of rotatable bonds is 4. The largest absolute Gasteiger partial charge is 0.496 e. The van der Waals surface area contributed by atoms with Crippen LogP contribution in [0.5, 0.6) is 5.75 Å². The number of nitrogens with zero attached hydrogens (tertiary/aromatic N) is 1. The number of allylic oxidation sites excluding steroid dienone is 1. The third-order valence-electron chi connectivity index (χ3n) is 3.97. The predicted octanol–water partition coefficient (Wildman–Crippen LogP) is 4.19. The lowest BCUT2D eigenvalue weighted by Crippen LogP contribution is -2.34. The van der Waals surface area contributed by atoms with Crippen molar-refractivity contribution in [1.29, 1.82) is 0 Å². The fraction of sp³-hybridized carbons (Fsp3) is 0.471. The summed E-state index contributed by atoms with van der Waals surface area (Å²) in [6.45, 7) is 2.87. The van der Waals surface area contributed by atoms with Crippen LogP contribution >= 0.6 is 28.3 Å². The van der Waals surface area contributed by atoms with Crippen LogP contribution in [0, 0.1) is 5.41 Å². The summed E-state index contributed by atoms with van der Waals surface area (Å²) in [6.07, 6.45) is 3.79. The Morgan fingerprint density at radius 3 is 2.64 bits per heavy atom. The van der Waals surface area contributed by atoms with E-state index < -0.39 is 0 Å². The fourth-order valence-corrected chi connectivity index (χ4v) is 3.54. The second-order valence-electron chi connectivity index (χ2n) is 6.19. The smallest absolute Gasteiger partial charge is 0.166 e. The van der Waals surface area contributed by atoms with Gasteiger partial charge in [0.15, 0.2) is 5.78 Å². The molecule has 0 aromatic heterocycles. The van der Waals surface area contributed by atoms with E-state index in [9.17, 15) is 4.79 Å². The lowest BCUT2D eigenvalue weighted by Gasteiger charge is -2.25. The first kappa shape index (κ1) is 19.2. The highest BCUT2D eigenvalue weighted by Gasteiger charge is 2.40. The molecule has 1 aliphatic carbocycles. The molecule has 1 aromatic rings. The van der Waals surface area contributed by atoms with Crippen LogP contribution in [-0.4, -0.2) is 38.4 Å². The van der Waals surface area contributed by atoms with Gasteiger partial charge in [0.2, 0.25) is 0 Å². The van der Waals surface area contributed by atoms with Gasteiger partial charge in [-0.3, -0.25) is 4.79 Å². The summed E-state index contributed by atoms with van der Waals surface area (Å²) in [4.78, 5) is 14.7. The number of ketones is 1. The zero-order valence-electron chi connectivity index (χ0n) is 13.5. The summed E-state index contributed by atoms with van der Waals surface area (Å²) in [5.41, 5.74) is 1.70. The Labute approximate surface area is 147 Å². The number of methoxy groups -OCH3 is 1. The summed E-state index contributed by atoms with van der Waals surface area (Å²) in [5.74, 6) is 1.08. The van der Waals surface area contributed by atoms with E-state index in [1.807, 2.05) is 38.4 Å². The standard InChI is InChI=1S/C17H22BrNO2.ClH/c1-17(11-19(2)3)8-7-13(16(17)20)9-12-5-6-15(21-4)14(18)10-12;/h5-6,9-10H,7-8,11H2,1-4H3;1H/b13-9+;. The lowest BCUT2D eigenvalue weighted by atomic mass is 9.86. The predicted molar refractivity (Wildman–Crippen MR) is 96.8 cm³/mol. The van der Waals surface area contributed by atoms with Gasteiger partial charge in [-0.15, -0.1) is 12.4 Å². The quantitative estimate of drug-likeness (QED) is 0.724. The van der Waals surface area contributed by atoms with E-state index in [-0.39, 0.29) is 23.6 Å². The molecule has 0 saturated heterocycles. The van der Waals surface area contributed by atoms with Crippen molar-refractivity contribution in [2.45, 2.75) is 19.8 Å². The van der Waals surface area contributed by atoms with Crippen molar-refractivity contribution < 1.29 is 9.53 Å². The second kappa shape index (κ2) is 7.62. The Hall–Kier alpha value is -0.840. The van der Waals surface area contributed by atoms with Gasteiger partial charge >= 0.3 is 0 Å². The van der Waals surface area contributed by atoms with E-state index in [1.165, 1.54) is 0 Å². The summed E-state index contributed by atoms with van der Waals surface area (Å²) < 4.78 is 6.13. The lowest BCUT2D eigenvalue weighted by molar-refractivity contribution is -0.122. The van der Waals surface area contributed by atoms with Crippen molar-refractivity contribution in [3.8, 4) is 5.75 Å². The molecule has 0 radical (unpaired) electrons. The first-order valence-corrected chi connectivity index (χ1v) is 7.89. The Balaban J connectivity index is 0.00000242. The average molecular weight is 389 g/mol. The van der Waals surface area contributed by atoms with Crippen LogP contribution in [0.25, 0.3) is 6.08 Å². The van der Waals surface area contributed by atoms with E-state index in [4.69, 9.17) is 4.74 Å². The van der Waals surface area contributed by atoms with Crippen LogP contribution in [0.2, 0.25) is 0 Å². The Kier molecular flexibility index (Phi) is 6.65. The molecule has 5 heteroatoms. The number of benzene rings is 1. The van der Waals surface area contributed by atoms with E-state index in [2.05, 4.69) is 27.8 Å². The molecule has 1 unspecified atom stereocenters. The highest BCUT2D eigenvalue weighted by atomic mass is 79.9. The molecular weight excluding hydrogens is 366 g/mol. The maximum atomic E-state index is 12.6. The molecule has 0 N–H and O–H groups in total. The number of hydrogen-bond donors (Lipinski definition) is 0. The molecule has 0 heterocycles. The monoisotopic (exact) mass is 387 g/mol. The van der Waals surface area contributed by atoms with Gasteiger partial charge in [0.05, 0.1) is 11.6 Å². The number of Topliss-reactive ketones (excluding diaryl/α,β-unsaturated/α-hetero) is 1. The summed E-state index contributed by atoms with van der Waals surface area (Å²) in [5, 5.41) is 0. The van der Waals surface area contributed by atoms with E-state index in [0.29, 0.717) is 0 Å². The van der Waals surface area contributed by atoms with Gasteiger partial charge in [0, 0.05) is 12.0 Å². The summed E-state index contributed by atoms with van der Waals surface area (Å²) >= 11 is 3.48. The average Bonchev–Trinajstić information content (AvgIpc) is 2.66. The number of carbonyl (C=O) groups excluding carboxylic acids is 1. The number of ether oxygens (including phenoxy) is 1. The molecule has 0 spiro atoms. The third kappa shape index (κ3) is 4.12. The van der Waals surface area contributed by atoms with Crippen LogP contribution < -0.4 is 4.74 Å². The van der Waals surface area contributed by atoms with Crippen molar-refractivity contribution in [2.24, 2.45) is 5.41 Å². The van der Waals surface area contributed by atoms with Crippen molar-refractivity contribution in [3.63, 3.8) is 0 Å². The van der Waals surface area contributed by atoms with Crippen molar-refractivity contribution >= 4 is 40.2 Å². The summed E-state index contributed by atoms with van der Waals surface area (Å²) in [7, 11) is 5.67. The van der Waals surface area contributed by atoms with Gasteiger partial charge < -0.3 is 9.64 Å². The molecule has 1 fully saturated rings. The molecule has 1 aromatic carbocycles. The highest BCUT2D eigenvalue weighted by Crippen LogP contribution is 2.39. The van der Waals surface area contributed by atoms with Crippen LogP contribution in [-0.2, 0) is 4.79 Å².